The van der Waals surface area contributed by atoms with E-state index in [1.807, 2.05) is 42.5 Å². The van der Waals surface area contributed by atoms with Crippen LogP contribution in [0, 0.1) is 3.57 Å². The molecule has 1 amide bonds. The molecule has 3 aromatic rings. The van der Waals surface area contributed by atoms with E-state index in [0.29, 0.717) is 11.3 Å². The number of nitrogens with zero attached hydrogens (tertiary/aromatic N) is 1. The summed E-state index contributed by atoms with van der Waals surface area (Å²) >= 11 is 11.3. The van der Waals surface area contributed by atoms with Crippen molar-refractivity contribution in [3.8, 4) is 5.75 Å². The summed E-state index contributed by atoms with van der Waals surface area (Å²) in [6, 6.07) is 17.0. The minimum absolute atomic E-state index is 0.284. The van der Waals surface area contributed by atoms with Crippen molar-refractivity contribution in [3.63, 3.8) is 0 Å². The highest BCUT2D eigenvalue weighted by atomic mass is 127. The van der Waals surface area contributed by atoms with E-state index in [-0.39, 0.29) is 5.91 Å². The number of hydrogen-bond acceptors (Lipinski definition) is 5. The summed E-state index contributed by atoms with van der Waals surface area (Å²) in [5.74, 6) is 0.377. The van der Waals surface area contributed by atoms with Gasteiger partial charge in [-0.1, -0.05) is 23.4 Å². The second-order valence-corrected chi connectivity index (χ2v) is 9.35. The lowest BCUT2D eigenvalue weighted by Gasteiger charge is -2.05. The molecular formula is C19H14ClIN2O2S2. The SMILES string of the molecule is COc1cc(C(=O)N/N=C/c2ccc(Sc3ccc(Cl)cc3)s2)ccc1I. The topological polar surface area (TPSA) is 50.7 Å². The van der Waals surface area contributed by atoms with E-state index < -0.39 is 0 Å². The van der Waals surface area contributed by atoms with Crippen molar-refractivity contribution in [2.75, 3.05) is 7.11 Å². The van der Waals surface area contributed by atoms with Crippen LogP contribution in [0.2, 0.25) is 5.02 Å². The first-order valence-corrected chi connectivity index (χ1v) is 10.8. The molecule has 0 aliphatic rings. The average molecular weight is 529 g/mol. The third-order valence-electron chi connectivity index (χ3n) is 3.41. The maximum atomic E-state index is 12.2. The van der Waals surface area contributed by atoms with Gasteiger partial charge in [-0.15, -0.1) is 11.3 Å². The van der Waals surface area contributed by atoms with Gasteiger partial charge in [-0.2, -0.15) is 5.10 Å². The number of halogens is 2. The number of nitrogens with one attached hydrogen (secondary N) is 1. The van der Waals surface area contributed by atoms with Crippen LogP contribution in [-0.2, 0) is 0 Å². The molecule has 0 spiro atoms. The smallest absolute Gasteiger partial charge is 0.271 e. The van der Waals surface area contributed by atoms with Crippen molar-refractivity contribution in [3.05, 3.63) is 73.6 Å². The van der Waals surface area contributed by atoms with Crippen LogP contribution in [0.1, 0.15) is 15.2 Å². The second kappa shape index (κ2) is 9.59. The molecule has 2 aromatic carbocycles. The number of rotatable bonds is 6. The Morgan fingerprint density at radius 1 is 1.22 bits per heavy atom. The molecule has 0 bridgehead atoms. The third kappa shape index (κ3) is 5.71. The van der Waals surface area contributed by atoms with Crippen LogP contribution in [0.3, 0.4) is 0 Å². The molecule has 4 nitrogen and oxygen atoms in total. The second-order valence-electron chi connectivity index (χ2n) is 5.26. The molecule has 8 heteroatoms. The quantitative estimate of drug-likeness (QED) is 0.245. The van der Waals surface area contributed by atoms with E-state index in [9.17, 15) is 4.79 Å². The molecule has 0 aliphatic carbocycles. The van der Waals surface area contributed by atoms with Crippen LogP contribution in [0.15, 0.2) is 68.8 Å². The normalized spacial score (nSPS) is 10.9. The maximum absolute atomic E-state index is 12.2. The molecule has 0 aliphatic heterocycles. The van der Waals surface area contributed by atoms with Crippen LogP contribution in [-0.4, -0.2) is 19.2 Å². The Labute approximate surface area is 184 Å². The largest absolute Gasteiger partial charge is 0.496 e. The molecule has 27 heavy (non-hydrogen) atoms. The van der Waals surface area contributed by atoms with Crippen LogP contribution in [0.25, 0.3) is 0 Å². The first-order chi connectivity index (χ1) is 13.0. The Morgan fingerprint density at radius 3 is 2.74 bits per heavy atom. The van der Waals surface area contributed by atoms with E-state index in [0.717, 1.165) is 22.6 Å². The molecule has 1 aromatic heterocycles. The van der Waals surface area contributed by atoms with E-state index in [2.05, 4.69) is 33.1 Å². The van der Waals surface area contributed by atoms with Gasteiger partial charge in [0.05, 0.1) is 21.1 Å². The standard InChI is InChI=1S/C19H14ClIN2O2S2/c1-25-17-10-12(2-8-16(17)21)19(24)23-22-11-15-7-9-18(27-15)26-14-5-3-13(20)4-6-14/h2-11H,1H3,(H,23,24)/b22-11+. The summed E-state index contributed by atoms with van der Waals surface area (Å²) in [5.41, 5.74) is 3.04. The van der Waals surface area contributed by atoms with E-state index in [1.165, 1.54) is 0 Å². The maximum Gasteiger partial charge on any atom is 0.271 e. The lowest BCUT2D eigenvalue weighted by atomic mass is 10.2. The number of carbonyl (C=O) groups is 1. The Balaban J connectivity index is 1.59. The molecule has 0 saturated heterocycles. The van der Waals surface area contributed by atoms with Crippen molar-refractivity contribution < 1.29 is 9.53 Å². The zero-order valence-corrected chi connectivity index (χ0v) is 18.7. The van der Waals surface area contributed by atoms with Crippen molar-refractivity contribution in [1.82, 2.24) is 5.43 Å². The molecule has 3 rings (SSSR count). The molecule has 1 N–H and O–H groups in total. The number of methoxy groups -OCH3 is 1. The highest BCUT2D eigenvalue weighted by Crippen LogP contribution is 2.33. The number of thiophene rings is 1. The minimum Gasteiger partial charge on any atom is -0.496 e. The monoisotopic (exact) mass is 528 g/mol. The summed E-state index contributed by atoms with van der Waals surface area (Å²) < 4.78 is 7.31. The van der Waals surface area contributed by atoms with Gasteiger partial charge in [-0.3, -0.25) is 4.79 Å². The van der Waals surface area contributed by atoms with Gasteiger partial charge < -0.3 is 4.74 Å². The molecule has 0 radical (unpaired) electrons. The van der Waals surface area contributed by atoms with Crippen LogP contribution in [0.4, 0.5) is 0 Å². The number of benzene rings is 2. The summed E-state index contributed by atoms with van der Waals surface area (Å²) in [5, 5.41) is 4.77. The van der Waals surface area contributed by atoms with Gasteiger partial charge in [0.25, 0.3) is 5.91 Å². The number of ether oxygens (including phenoxy) is 1. The average Bonchev–Trinajstić information content (AvgIpc) is 3.11. The lowest BCUT2D eigenvalue weighted by Crippen LogP contribution is -2.17. The predicted octanol–water partition coefficient (Wildman–Crippen LogP) is 5.93. The van der Waals surface area contributed by atoms with Gasteiger partial charge in [0, 0.05) is 20.4 Å². The lowest BCUT2D eigenvalue weighted by molar-refractivity contribution is 0.0955. The minimum atomic E-state index is -0.284. The van der Waals surface area contributed by atoms with Gasteiger partial charge in [0.2, 0.25) is 0 Å². The number of amides is 1. The van der Waals surface area contributed by atoms with Gasteiger partial charge in [0.15, 0.2) is 0 Å². The Morgan fingerprint density at radius 2 is 2.00 bits per heavy atom. The molecule has 0 saturated carbocycles. The van der Waals surface area contributed by atoms with Crippen LogP contribution in [0.5, 0.6) is 5.75 Å². The summed E-state index contributed by atoms with van der Waals surface area (Å²) in [6.07, 6.45) is 1.64. The summed E-state index contributed by atoms with van der Waals surface area (Å²) in [7, 11) is 1.58. The molecule has 0 atom stereocenters. The molecule has 0 fully saturated rings. The number of hydrogen-bond donors (Lipinski definition) is 1. The van der Waals surface area contributed by atoms with Gasteiger partial charge in [0.1, 0.15) is 5.75 Å². The van der Waals surface area contributed by atoms with Crippen molar-refractivity contribution in [2.24, 2.45) is 5.10 Å². The first kappa shape index (κ1) is 20.2. The highest BCUT2D eigenvalue weighted by molar-refractivity contribution is 14.1. The molecular weight excluding hydrogens is 515 g/mol. The summed E-state index contributed by atoms with van der Waals surface area (Å²) in [4.78, 5) is 14.3. The first-order valence-electron chi connectivity index (χ1n) is 7.75. The zero-order valence-electron chi connectivity index (χ0n) is 14.1. The van der Waals surface area contributed by atoms with Gasteiger partial charge >= 0.3 is 0 Å². The molecule has 0 unspecified atom stereocenters. The predicted molar refractivity (Wildman–Crippen MR) is 121 cm³/mol. The van der Waals surface area contributed by atoms with E-state index >= 15 is 0 Å². The van der Waals surface area contributed by atoms with Crippen LogP contribution < -0.4 is 10.2 Å². The van der Waals surface area contributed by atoms with E-state index in [1.54, 1.807) is 48.6 Å². The highest BCUT2D eigenvalue weighted by Gasteiger charge is 2.08. The number of carbonyl (C=O) groups excluding carboxylic acids is 1. The fourth-order valence-electron chi connectivity index (χ4n) is 2.10. The van der Waals surface area contributed by atoms with E-state index in [4.69, 9.17) is 16.3 Å². The number of hydrazone groups is 1. The fourth-order valence-corrected chi connectivity index (χ4v) is 4.77. The Bertz CT molecular complexity index is 974. The zero-order chi connectivity index (χ0) is 19.2. The molecule has 138 valence electrons. The van der Waals surface area contributed by atoms with Crippen molar-refractivity contribution >= 4 is 69.4 Å². The Kier molecular flexibility index (Phi) is 7.17. The third-order valence-corrected chi connectivity index (χ3v) is 6.71. The van der Waals surface area contributed by atoms with Crippen molar-refractivity contribution in [2.45, 2.75) is 9.10 Å². The molecule has 1 heterocycles. The van der Waals surface area contributed by atoms with Crippen LogP contribution >= 0.6 is 57.3 Å². The van der Waals surface area contributed by atoms with Crippen molar-refractivity contribution in [1.29, 1.82) is 0 Å². The Hall–Kier alpha value is -1.55. The fraction of sp³-hybridized carbons (Fsp3) is 0.0526. The summed E-state index contributed by atoms with van der Waals surface area (Å²) in [6.45, 7) is 0. The van der Waals surface area contributed by atoms with Gasteiger partial charge in [-0.05, 0) is 77.2 Å². The van der Waals surface area contributed by atoms with Gasteiger partial charge in [-0.25, -0.2) is 5.43 Å².